The summed E-state index contributed by atoms with van der Waals surface area (Å²) >= 11 is 0. The predicted octanol–water partition coefficient (Wildman–Crippen LogP) is -0.00340. The van der Waals surface area contributed by atoms with Gasteiger partial charge in [0.1, 0.15) is 6.04 Å². The third-order valence-corrected chi connectivity index (χ3v) is 4.33. The fourth-order valence-corrected chi connectivity index (χ4v) is 2.41. The first-order valence-electron chi connectivity index (χ1n) is 5.03. The zero-order valence-electron chi connectivity index (χ0n) is 9.86. The van der Waals surface area contributed by atoms with Crippen LogP contribution in [0.3, 0.4) is 0 Å². The van der Waals surface area contributed by atoms with Gasteiger partial charge in [0.2, 0.25) is 0 Å². The quantitative estimate of drug-likeness (QED) is 0.805. The van der Waals surface area contributed by atoms with Gasteiger partial charge in [0.05, 0.1) is 6.33 Å². The highest BCUT2D eigenvalue weighted by Gasteiger charge is 2.30. The third kappa shape index (κ3) is 2.64. The second-order valence-corrected chi connectivity index (χ2v) is 5.52. The average molecular weight is 261 g/mol. The highest BCUT2D eigenvalue weighted by Crippen LogP contribution is 2.14. The van der Waals surface area contributed by atoms with Crippen LogP contribution in [0.2, 0.25) is 0 Å². The van der Waals surface area contributed by atoms with E-state index >= 15 is 0 Å². The van der Waals surface area contributed by atoms with Crippen LogP contribution in [0.1, 0.15) is 13.8 Å². The third-order valence-electron chi connectivity index (χ3n) is 2.52. The van der Waals surface area contributed by atoms with Gasteiger partial charge in [0, 0.05) is 19.8 Å². The molecule has 0 aromatic carbocycles. The Hall–Kier alpha value is -1.41. The van der Waals surface area contributed by atoms with E-state index in [0.29, 0.717) is 6.54 Å². The van der Waals surface area contributed by atoms with Crippen LogP contribution in [0.5, 0.6) is 0 Å². The van der Waals surface area contributed by atoms with Gasteiger partial charge in [0.25, 0.3) is 10.0 Å². The van der Waals surface area contributed by atoms with Gasteiger partial charge in [-0.1, -0.05) is 0 Å². The number of carboxylic acids is 1. The van der Waals surface area contributed by atoms with Gasteiger partial charge < -0.3 is 9.67 Å². The summed E-state index contributed by atoms with van der Waals surface area (Å²) in [4.78, 5) is 14.5. The Morgan fingerprint density at radius 3 is 2.65 bits per heavy atom. The van der Waals surface area contributed by atoms with Crippen molar-refractivity contribution in [1.82, 2.24) is 13.9 Å². The molecule has 96 valence electrons. The smallest absolute Gasteiger partial charge is 0.321 e. The number of sulfonamides is 1. The van der Waals surface area contributed by atoms with Crippen molar-refractivity contribution in [2.45, 2.75) is 31.5 Å². The Morgan fingerprint density at radius 1 is 1.65 bits per heavy atom. The summed E-state index contributed by atoms with van der Waals surface area (Å²) in [5, 5.41) is 8.64. The van der Waals surface area contributed by atoms with Gasteiger partial charge in [-0.05, 0) is 13.8 Å². The normalized spacial score (nSPS) is 13.9. The van der Waals surface area contributed by atoms with Crippen molar-refractivity contribution in [1.29, 1.82) is 0 Å². The highest BCUT2D eigenvalue weighted by molar-refractivity contribution is 7.89. The second-order valence-electron chi connectivity index (χ2n) is 3.58. The molecule has 17 heavy (non-hydrogen) atoms. The maximum Gasteiger partial charge on any atom is 0.321 e. The number of imidazole rings is 1. The van der Waals surface area contributed by atoms with Crippen LogP contribution in [0.25, 0.3) is 0 Å². The van der Waals surface area contributed by atoms with Gasteiger partial charge >= 0.3 is 5.97 Å². The molecule has 1 heterocycles. The molecule has 0 spiro atoms. The molecule has 0 aliphatic carbocycles. The van der Waals surface area contributed by atoms with Crippen LogP contribution in [-0.2, 0) is 21.4 Å². The number of carbonyl (C=O) groups is 1. The fourth-order valence-electron chi connectivity index (χ4n) is 1.16. The van der Waals surface area contributed by atoms with E-state index in [4.69, 9.17) is 5.11 Å². The number of nitrogens with zero attached hydrogens (tertiary/aromatic N) is 3. The minimum Gasteiger partial charge on any atom is -0.480 e. The average Bonchev–Trinajstić information content (AvgIpc) is 2.75. The zero-order valence-corrected chi connectivity index (χ0v) is 10.7. The molecule has 0 aliphatic rings. The molecule has 0 saturated heterocycles. The molecule has 0 amide bonds. The van der Waals surface area contributed by atoms with Crippen LogP contribution < -0.4 is 0 Å². The first-order valence-corrected chi connectivity index (χ1v) is 6.47. The SMILES string of the molecule is CCn1cnc(S(=O)(=O)N(C)C(C)C(=O)O)c1. The summed E-state index contributed by atoms with van der Waals surface area (Å²) in [6, 6.07) is -1.13. The van der Waals surface area contributed by atoms with Crippen molar-refractivity contribution in [3.05, 3.63) is 12.5 Å². The second kappa shape index (κ2) is 4.84. The molecule has 1 aromatic heterocycles. The number of carboxylic acid groups (broad SMARTS) is 1. The molecule has 7 nitrogen and oxygen atoms in total. The highest BCUT2D eigenvalue weighted by atomic mass is 32.2. The van der Waals surface area contributed by atoms with E-state index in [9.17, 15) is 13.2 Å². The lowest BCUT2D eigenvalue weighted by molar-refractivity contribution is -0.140. The Kier molecular flexibility index (Phi) is 3.89. The monoisotopic (exact) mass is 261 g/mol. The number of likely N-dealkylation sites (N-methyl/N-ethyl adjacent to an activating group) is 1. The first kappa shape index (κ1) is 13.7. The fraction of sp³-hybridized carbons (Fsp3) is 0.556. The first-order chi connectivity index (χ1) is 7.80. The molecule has 1 aromatic rings. The van der Waals surface area contributed by atoms with E-state index in [1.807, 2.05) is 6.92 Å². The number of aromatic nitrogens is 2. The molecule has 1 N–H and O–H groups in total. The molecule has 0 fully saturated rings. The van der Waals surface area contributed by atoms with Crippen molar-refractivity contribution in [2.75, 3.05) is 7.05 Å². The number of rotatable bonds is 5. The summed E-state index contributed by atoms with van der Waals surface area (Å²) in [6.07, 6.45) is 2.77. The van der Waals surface area contributed by atoms with Gasteiger partial charge in [-0.25, -0.2) is 13.4 Å². The van der Waals surface area contributed by atoms with Crippen LogP contribution in [0, 0.1) is 0 Å². The number of aryl methyl sites for hydroxylation is 1. The summed E-state index contributed by atoms with van der Waals surface area (Å²) in [5.74, 6) is -1.20. The van der Waals surface area contributed by atoms with E-state index < -0.39 is 22.0 Å². The van der Waals surface area contributed by atoms with Gasteiger partial charge in [-0.15, -0.1) is 0 Å². The largest absolute Gasteiger partial charge is 0.480 e. The van der Waals surface area contributed by atoms with E-state index in [1.54, 1.807) is 4.57 Å². The van der Waals surface area contributed by atoms with Crippen LogP contribution >= 0.6 is 0 Å². The van der Waals surface area contributed by atoms with E-state index in [0.717, 1.165) is 4.31 Å². The molecule has 1 unspecified atom stereocenters. The van der Waals surface area contributed by atoms with Crippen molar-refractivity contribution < 1.29 is 18.3 Å². The Labute approximate surface area is 99.7 Å². The lowest BCUT2D eigenvalue weighted by Gasteiger charge is -2.19. The molecular formula is C9H15N3O4S. The molecular weight excluding hydrogens is 246 g/mol. The molecule has 1 rings (SSSR count). The zero-order chi connectivity index (χ0) is 13.2. The maximum atomic E-state index is 12.0. The predicted molar refractivity (Wildman–Crippen MR) is 59.9 cm³/mol. The summed E-state index contributed by atoms with van der Waals surface area (Å²) in [7, 11) is -2.63. The summed E-state index contributed by atoms with van der Waals surface area (Å²) < 4.78 is 26.4. The molecule has 8 heteroatoms. The number of hydrogen-bond acceptors (Lipinski definition) is 4. The van der Waals surface area contributed by atoms with Crippen LogP contribution in [0.15, 0.2) is 17.6 Å². The van der Waals surface area contributed by atoms with Gasteiger partial charge in [0.15, 0.2) is 5.03 Å². The Morgan fingerprint density at radius 2 is 2.24 bits per heavy atom. The minimum atomic E-state index is -3.85. The maximum absolute atomic E-state index is 12.0. The van der Waals surface area contributed by atoms with Crippen molar-refractivity contribution >= 4 is 16.0 Å². The Bertz CT molecular complexity index is 508. The van der Waals surface area contributed by atoms with Crippen molar-refractivity contribution in [3.63, 3.8) is 0 Å². The Balaban J connectivity index is 3.06. The summed E-state index contributed by atoms with van der Waals surface area (Å²) in [5.41, 5.74) is 0. The number of hydrogen-bond donors (Lipinski definition) is 1. The lowest BCUT2D eigenvalue weighted by atomic mass is 10.4. The molecule has 0 saturated carbocycles. The molecule has 0 radical (unpaired) electrons. The molecule has 1 atom stereocenters. The van der Waals surface area contributed by atoms with Gasteiger partial charge in [-0.2, -0.15) is 4.31 Å². The molecule has 0 bridgehead atoms. The molecule has 0 aliphatic heterocycles. The van der Waals surface area contributed by atoms with Crippen molar-refractivity contribution in [3.8, 4) is 0 Å². The standard InChI is InChI=1S/C9H15N3O4S/c1-4-12-5-8(10-6-12)17(15,16)11(3)7(2)9(13)14/h5-7H,4H2,1-3H3,(H,13,14). The lowest BCUT2D eigenvalue weighted by Crippen LogP contribution is -2.40. The van der Waals surface area contributed by atoms with Crippen LogP contribution in [0.4, 0.5) is 0 Å². The van der Waals surface area contributed by atoms with Crippen molar-refractivity contribution in [2.24, 2.45) is 0 Å². The van der Waals surface area contributed by atoms with E-state index in [-0.39, 0.29) is 5.03 Å². The van der Waals surface area contributed by atoms with Crippen LogP contribution in [-0.4, -0.2) is 46.4 Å². The number of aliphatic carboxylic acids is 1. The topological polar surface area (TPSA) is 92.5 Å². The summed E-state index contributed by atoms with van der Waals surface area (Å²) in [6.45, 7) is 3.75. The minimum absolute atomic E-state index is 0.144. The van der Waals surface area contributed by atoms with Gasteiger partial charge in [-0.3, -0.25) is 4.79 Å². The van der Waals surface area contributed by atoms with E-state index in [2.05, 4.69) is 4.98 Å². The van der Waals surface area contributed by atoms with E-state index in [1.165, 1.54) is 26.5 Å².